The van der Waals surface area contributed by atoms with Crippen LogP contribution in [0.1, 0.15) is 9.88 Å². The summed E-state index contributed by atoms with van der Waals surface area (Å²) in [6.07, 6.45) is 0. The number of H-pyrrole nitrogens is 1. The van der Waals surface area contributed by atoms with Crippen LogP contribution in [0, 0.1) is 13.8 Å². The molecule has 0 saturated carbocycles. The van der Waals surface area contributed by atoms with Crippen LogP contribution >= 0.6 is 11.3 Å². The average molecular weight is 391 g/mol. The van der Waals surface area contributed by atoms with Gasteiger partial charge in [-0.15, -0.1) is 11.3 Å². The van der Waals surface area contributed by atoms with Crippen LogP contribution in [-0.2, 0) is 0 Å². The summed E-state index contributed by atoms with van der Waals surface area (Å²) in [5.74, 6) is -0.0262. The van der Waals surface area contributed by atoms with Crippen LogP contribution in [0.15, 0.2) is 47.3 Å². The molecule has 0 fully saturated rings. The standard InChI is InChI=1S/C22H21N3O2S/c1-12-20(23-13(2)28-12)19-21(26)17-10-7-15(11-18(17)24-22(19)27)14-5-8-16(9-6-14)25(3)4/h5-11H,1-4H3,(H2,24,26,27). The normalized spacial score (nSPS) is 11.1. The maximum absolute atomic E-state index is 12.7. The number of fused-ring (bicyclic) bond motifs is 1. The first-order chi connectivity index (χ1) is 13.3. The van der Waals surface area contributed by atoms with E-state index in [9.17, 15) is 9.90 Å². The Labute approximate surface area is 166 Å². The summed E-state index contributed by atoms with van der Waals surface area (Å²) in [6.45, 7) is 3.80. The van der Waals surface area contributed by atoms with E-state index in [1.807, 2.05) is 63.2 Å². The number of aromatic hydroxyl groups is 1. The van der Waals surface area contributed by atoms with E-state index in [1.54, 1.807) is 0 Å². The van der Waals surface area contributed by atoms with Gasteiger partial charge in [0, 0.05) is 30.0 Å². The van der Waals surface area contributed by atoms with E-state index in [-0.39, 0.29) is 16.9 Å². The van der Waals surface area contributed by atoms with Crippen molar-refractivity contribution in [1.82, 2.24) is 9.97 Å². The number of hydrogen-bond donors (Lipinski definition) is 2. The Morgan fingerprint density at radius 2 is 1.71 bits per heavy atom. The first kappa shape index (κ1) is 18.3. The molecule has 0 aliphatic heterocycles. The molecule has 28 heavy (non-hydrogen) atoms. The van der Waals surface area contributed by atoms with Crippen molar-refractivity contribution < 1.29 is 5.11 Å². The van der Waals surface area contributed by atoms with E-state index < -0.39 is 0 Å². The van der Waals surface area contributed by atoms with Crippen molar-refractivity contribution in [3.63, 3.8) is 0 Å². The number of benzene rings is 2. The lowest BCUT2D eigenvalue weighted by Gasteiger charge is -2.13. The molecule has 2 aromatic heterocycles. The van der Waals surface area contributed by atoms with E-state index in [0.717, 1.165) is 26.7 Å². The number of nitrogens with one attached hydrogen (secondary N) is 1. The van der Waals surface area contributed by atoms with Gasteiger partial charge in [0.1, 0.15) is 11.3 Å². The highest BCUT2D eigenvalue weighted by molar-refractivity contribution is 7.11. The summed E-state index contributed by atoms with van der Waals surface area (Å²) in [5, 5.41) is 12.3. The molecule has 0 saturated heterocycles. The van der Waals surface area contributed by atoms with Gasteiger partial charge in [-0.3, -0.25) is 4.79 Å². The number of hydrogen-bond acceptors (Lipinski definition) is 5. The van der Waals surface area contributed by atoms with E-state index in [4.69, 9.17) is 0 Å². The zero-order valence-corrected chi connectivity index (χ0v) is 17.0. The second-order valence-electron chi connectivity index (χ2n) is 7.02. The zero-order chi connectivity index (χ0) is 20.0. The Morgan fingerprint density at radius 1 is 1.04 bits per heavy atom. The van der Waals surface area contributed by atoms with Gasteiger partial charge < -0.3 is 15.0 Å². The fourth-order valence-electron chi connectivity index (χ4n) is 3.39. The number of anilines is 1. The van der Waals surface area contributed by atoms with Crippen LogP contribution < -0.4 is 10.5 Å². The maximum atomic E-state index is 12.7. The first-order valence-electron chi connectivity index (χ1n) is 8.96. The molecule has 0 spiro atoms. The average Bonchev–Trinajstić information content (AvgIpc) is 2.99. The fraction of sp³-hybridized carbons (Fsp3) is 0.182. The molecular formula is C22H21N3O2S. The lowest BCUT2D eigenvalue weighted by atomic mass is 10.0. The zero-order valence-electron chi connectivity index (χ0n) is 16.2. The van der Waals surface area contributed by atoms with Gasteiger partial charge in [0.15, 0.2) is 0 Å². The van der Waals surface area contributed by atoms with Gasteiger partial charge in [0.25, 0.3) is 5.56 Å². The van der Waals surface area contributed by atoms with Crippen molar-refractivity contribution in [3.05, 3.63) is 62.7 Å². The molecule has 5 nitrogen and oxygen atoms in total. The molecule has 0 aliphatic carbocycles. The lowest BCUT2D eigenvalue weighted by Crippen LogP contribution is -2.10. The summed E-state index contributed by atoms with van der Waals surface area (Å²) >= 11 is 1.51. The third kappa shape index (κ3) is 3.05. The van der Waals surface area contributed by atoms with Crippen LogP contribution in [0.4, 0.5) is 5.69 Å². The molecule has 0 bridgehead atoms. The topological polar surface area (TPSA) is 69.2 Å². The second-order valence-corrected chi connectivity index (χ2v) is 8.42. The molecular weight excluding hydrogens is 370 g/mol. The minimum atomic E-state index is -0.335. The molecule has 0 aliphatic rings. The van der Waals surface area contributed by atoms with Crippen LogP contribution in [0.2, 0.25) is 0 Å². The minimum absolute atomic E-state index is 0.0262. The highest BCUT2D eigenvalue weighted by Crippen LogP contribution is 2.36. The number of aromatic amines is 1. The first-order valence-corrected chi connectivity index (χ1v) is 9.78. The smallest absolute Gasteiger partial charge is 0.261 e. The van der Waals surface area contributed by atoms with Gasteiger partial charge in [-0.05, 0) is 49.2 Å². The van der Waals surface area contributed by atoms with Crippen molar-refractivity contribution in [2.45, 2.75) is 13.8 Å². The minimum Gasteiger partial charge on any atom is -0.506 e. The van der Waals surface area contributed by atoms with E-state index in [2.05, 4.69) is 22.1 Å². The predicted molar refractivity (Wildman–Crippen MR) is 117 cm³/mol. The van der Waals surface area contributed by atoms with Crippen molar-refractivity contribution in [2.75, 3.05) is 19.0 Å². The Morgan fingerprint density at radius 3 is 2.32 bits per heavy atom. The Bertz CT molecular complexity index is 1240. The highest BCUT2D eigenvalue weighted by Gasteiger charge is 2.19. The van der Waals surface area contributed by atoms with Gasteiger partial charge in [-0.25, -0.2) is 4.98 Å². The number of pyridine rings is 1. The van der Waals surface area contributed by atoms with Crippen LogP contribution in [0.3, 0.4) is 0 Å². The third-order valence-electron chi connectivity index (χ3n) is 4.84. The number of rotatable bonds is 3. The number of aryl methyl sites for hydroxylation is 2. The summed E-state index contributed by atoms with van der Waals surface area (Å²) in [5.41, 5.74) is 4.19. The van der Waals surface area contributed by atoms with Gasteiger partial charge in [-0.1, -0.05) is 18.2 Å². The summed E-state index contributed by atoms with van der Waals surface area (Å²) in [6, 6.07) is 13.9. The molecule has 2 aromatic carbocycles. The Kier molecular flexibility index (Phi) is 4.43. The maximum Gasteiger partial charge on any atom is 0.261 e. The molecule has 0 amide bonds. The van der Waals surface area contributed by atoms with Crippen LogP contribution in [0.25, 0.3) is 33.3 Å². The van der Waals surface area contributed by atoms with Gasteiger partial charge in [-0.2, -0.15) is 0 Å². The number of nitrogens with zero attached hydrogens (tertiary/aromatic N) is 2. The highest BCUT2D eigenvalue weighted by atomic mass is 32.1. The molecule has 2 heterocycles. The van der Waals surface area contributed by atoms with Gasteiger partial charge in [0.2, 0.25) is 0 Å². The SMILES string of the molecule is Cc1nc(-c2c(O)c3ccc(-c4ccc(N(C)C)cc4)cc3[nH]c2=O)c(C)s1. The summed E-state index contributed by atoms with van der Waals surface area (Å²) < 4.78 is 0. The molecule has 2 N–H and O–H groups in total. The molecule has 0 unspecified atom stereocenters. The number of aromatic nitrogens is 2. The molecule has 0 radical (unpaired) electrons. The van der Waals surface area contributed by atoms with Gasteiger partial charge >= 0.3 is 0 Å². The van der Waals surface area contributed by atoms with Crippen molar-refractivity contribution >= 4 is 27.9 Å². The van der Waals surface area contributed by atoms with E-state index >= 15 is 0 Å². The molecule has 0 atom stereocenters. The van der Waals surface area contributed by atoms with E-state index in [1.165, 1.54) is 11.3 Å². The molecule has 4 aromatic rings. The second kappa shape index (κ2) is 6.80. The third-order valence-corrected chi connectivity index (χ3v) is 5.73. The van der Waals surface area contributed by atoms with Crippen LogP contribution in [0.5, 0.6) is 5.75 Å². The predicted octanol–water partition coefficient (Wildman–Crippen LogP) is 4.71. The summed E-state index contributed by atoms with van der Waals surface area (Å²) in [4.78, 5) is 23.0. The lowest BCUT2D eigenvalue weighted by molar-refractivity contribution is 0.482. The quantitative estimate of drug-likeness (QED) is 0.531. The molecule has 4 rings (SSSR count). The summed E-state index contributed by atoms with van der Waals surface area (Å²) in [7, 11) is 4.00. The number of thiazole rings is 1. The van der Waals surface area contributed by atoms with Gasteiger partial charge in [0.05, 0.1) is 16.2 Å². The Hall–Kier alpha value is -3.12. The van der Waals surface area contributed by atoms with E-state index in [0.29, 0.717) is 16.6 Å². The van der Waals surface area contributed by atoms with Crippen molar-refractivity contribution in [2.24, 2.45) is 0 Å². The largest absolute Gasteiger partial charge is 0.506 e. The Balaban J connectivity index is 1.85. The fourth-order valence-corrected chi connectivity index (χ4v) is 4.22. The van der Waals surface area contributed by atoms with Crippen LogP contribution in [-0.4, -0.2) is 29.2 Å². The molecule has 6 heteroatoms. The molecule has 142 valence electrons. The van der Waals surface area contributed by atoms with Crippen molar-refractivity contribution in [3.8, 4) is 28.1 Å². The van der Waals surface area contributed by atoms with Crippen molar-refractivity contribution in [1.29, 1.82) is 0 Å². The monoisotopic (exact) mass is 391 g/mol.